The first-order chi connectivity index (χ1) is 7.45. The largest absolute Gasteiger partial charge is 0.495 e. The summed E-state index contributed by atoms with van der Waals surface area (Å²) in [5.41, 5.74) is 1.42. The summed E-state index contributed by atoms with van der Waals surface area (Å²) in [6, 6.07) is 0. The van der Waals surface area contributed by atoms with E-state index in [4.69, 9.17) is 14.6 Å². The van der Waals surface area contributed by atoms with Crippen LogP contribution >= 0.6 is 15.9 Å². The summed E-state index contributed by atoms with van der Waals surface area (Å²) in [7, 11) is 2.98. The highest BCUT2D eigenvalue weighted by Crippen LogP contribution is 2.41. The zero-order valence-corrected chi connectivity index (χ0v) is 11.1. The first-order valence-electron chi connectivity index (χ1n) is 4.59. The first-order valence-corrected chi connectivity index (χ1v) is 5.38. The van der Waals surface area contributed by atoms with E-state index in [1.54, 1.807) is 13.8 Å². The Hall–Kier alpha value is -1.23. The standard InChI is InChI=1S/C11H13BrO4/c1-5-7(11(13)14)9(15-3)6(2)10(16-4)8(5)12/h1-4H3,(H,13,14). The fourth-order valence-corrected chi connectivity index (χ4v) is 2.32. The predicted octanol–water partition coefficient (Wildman–Crippen LogP) is 2.78. The van der Waals surface area contributed by atoms with Gasteiger partial charge in [0, 0.05) is 5.56 Å². The lowest BCUT2D eigenvalue weighted by Crippen LogP contribution is -2.07. The molecule has 0 bridgehead atoms. The molecule has 0 heterocycles. The molecule has 1 rings (SSSR count). The number of methoxy groups -OCH3 is 2. The van der Waals surface area contributed by atoms with Crippen molar-refractivity contribution in [2.45, 2.75) is 13.8 Å². The van der Waals surface area contributed by atoms with Crippen molar-refractivity contribution in [2.24, 2.45) is 0 Å². The topological polar surface area (TPSA) is 55.8 Å². The van der Waals surface area contributed by atoms with E-state index in [1.165, 1.54) is 14.2 Å². The molecule has 0 atom stereocenters. The summed E-state index contributed by atoms with van der Waals surface area (Å²) < 4.78 is 11.0. The number of carboxylic acids is 1. The van der Waals surface area contributed by atoms with E-state index in [1.807, 2.05) is 0 Å². The molecule has 1 aromatic rings. The van der Waals surface area contributed by atoms with Gasteiger partial charge in [-0.2, -0.15) is 0 Å². The Morgan fingerprint density at radius 3 is 2.00 bits per heavy atom. The molecular formula is C11H13BrO4. The average Bonchev–Trinajstić information content (AvgIpc) is 2.23. The maximum atomic E-state index is 11.2. The molecular weight excluding hydrogens is 276 g/mol. The van der Waals surface area contributed by atoms with Crippen LogP contribution in [0.15, 0.2) is 4.47 Å². The molecule has 1 N–H and O–H groups in total. The van der Waals surface area contributed by atoms with E-state index in [0.29, 0.717) is 27.1 Å². The third-order valence-electron chi connectivity index (χ3n) is 2.43. The van der Waals surface area contributed by atoms with Crippen LogP contribution in [0.25, 0.3) is 0 Å². The minimum absolute atomic E-state index is 0.160. The summed E-state index contributed by atoms with van der Waals surface area (Å²) in [5.74, 6) is -0.0785. The summed E-state index contributed by atoms with van der Waals surface area (Å²) in [6.07, 6.45) is 0. The Morgan fingerprint density at radius 2 is 1.62 bits per heavy atom. The molecule has 0 aliphatic rings. The van der Waals surface area contributed by atoms with Crippen LogP contribution < -0.4 is 9.47 Å². The van der Waals surface area contributed by atoms with Gasteiger partial charge in [0.2, 0.25) is 0 Å². The van der Waals surface area contributed by atoms with Gasteiger partial charge in [-0.1, -0.05) is 0 Å². The molecule has 0 saturated carbocycles. The van der Waals surface area contributed by atoms with Crippen LogP contribution in [0, 0.1) is 13.8 Å². The van der Waals surface area contributed by atoms with Crippen molar-refractivity contribution in [3.05, 3.63) is 21.2 Å². The van der Waals surface area contributed by atoms with Gasteiger partial charge in [-0.15, -0.1) is 0 Å². The minimum atomic E-state index is -1.01. The number of carbonyl (C=O) groups is 1. The maximum Gasteiger partial charge on any atom is 0.339 e. The van der Waals surface area contributed by atoms with Crippen LogP contribution in [0.1, 0.15) is 21.5 Å². The second kappa shape index (κ2) is 4.74. The number of hydrogen-bond acceptors (Lipinski definition) is 3. The molecule has 16 heavy (non-hydrogen) atoms. The van der Waals surface area contributed by atoms with Crippen LogP contribution in [0.5, 0.6) is 11.5 Å². The fraction of sp³-hybridized carbons (Fsp3) is 0.364. The Bertz CT molecular complexity index is 440. The Kier molecular flexibility index (Phi) is 3.80. The van der Waals surface area contributed by atoms with Gasteiger partial charge < -0.3 is 14.6 Å². The van der Waals surface area contributed by atoms with Crippen molar-refractivity contribution in [3.8, 4) is 11.5 Å². The molecule has 0 unspecified atom stereocenters. The van der Waals surface area contributed by atoms with Crippen molar-refractivity contribution in [1.29, 1.82) is 0 Å². The molecule has 1 aromatic carbocycles. The lowest BCUT2D eigenvalue weighted by Gasteiger charge is -2.17. The summed E-state index contributed by atoms with van der Waals surface area (Å²) in [5, 5.41) is 9.15. The number of rotatable bonds is 3. The summed E-state index contributed by atoms with van der Waals surface area (Å²) in [6.45, 7) is 3.46. The highest BCUT2D eigenvalue weighted by Gasteiger charge is 2.23. The van der Waals surface area contributed by atoms with E-state index in [0.717, 1.165) is 0 Å². The molecule has 0 amide bonds. The van der Waals surface area contributed by atoms with Gasteiger partial charge in [0.25, 0.3) is 0 Å². The van der Waals surface area contributed by atoms with Crippen LogP contribution in [0.2, 0.25) is 0 Å². The van der Waals surface area contributed by atoms with Crippen LogP contribution in [-0.2, 0) is 0 Å². The molecule has 0 aromatic heterocycles. The molecule has 0 radical (unpaired) electrons. The quantitative estimate of drug-likeness (QED) is 0.929. The second-order valence-electron chi connectivity index (χ2n) is 3.31. The highest BCUT2D eigenvalue weighted by atomic mass is 79.9. The van der Waals surface area contributed by atoms with Crippen molar-refractivity contribution in [2.75, 3.05) is 14.2 Å². The normalized spacial score (nSPS) is 10.1. The van der Waals surface area contributed by atoms with Gasteiger partial charge in [-0.25, -0.2) is 4.79 Å². The molecule has 0 saturated heterocycles. The van der Waals surface area contributed by atoms with Crippen molar-refractivity contribution in [3.63, 3.8) is 0 Å². The molecule has 0 spiro atoms. The Labute approximate surface area is 102 Å². The Morgan fingerprint density at radius 1 is 1.12 bits per heavy atom. The van der Waals surface area contributed by atoms with Crippen molar-refractivity contribution in [1.82, 2.24) is 0 Å². The Balaban J connectivity index is 3.70. The number of carboxylic acid groups (broad SMARTS) is 1. The van der Waals surface area contributed by atoms with Gasteiger partial charge in [-0.05, 0) is 35.3 Å². The fourth-order valence-electron chi connectivity index (χ4n) is 1.66. The van der Waals surface area contributed by atoms with Gasteiger partial charge >= 0.3 is 5.97 Å². The zero-order valence-electron chi connectivity index (χ0n) is 9.55. The number of ether oxygens (including phenoxy) is 2. The molecule has 0 aliphatic carbocycles. The van der Waals surface area contributed by atoms with Crippen molar-refractivity contribution < 1.29 is 19.4 Å². The van der Waals surface area contributed by atoms with E-state index in [9.17, 15) is 4.79 Å². The van der Waals surface area contributed by atoms with Crippen LogP contribution in [0.4, 0.5) is 0 Å². The lowest BCUT2D eigenvalue weighted by molar-refractivity contribution is 0.0692. The van der Waals surface area contributed by atoms with Crippen molar-refractivity contribution >= 4 is 21.9 Å². The molecule has 4 nitrogen and oxygen atoms in total. The number of hydrogen-bond donors (Lipinski definition) is 1. The van der Waals surface area contributed by atoms with E-state index < -0.39 is 5.97 Å². The van der Waals surface area contributed by atoms with Crippen LogP contribution in [0.3, 0.4) is 0 Å². The van der Waals surface area contributed by atoms with Gasteiger partial charge in [0.05, 0.1) is 18.7 Å². The summed E-state index contributed by atoms with van der Waals surface area (Å²) >= 11 is 3.33. The number of halogens is 1. The zero-order chi connectivity index (χ0) is 12.5. The third kappa shape index (κ3) is 1.87. The smallest absolute Gasteiger partial charge is 0.339 e. The number of aromatic carboxylic acids is 1. The van der Waals surface area contributed by atoms with E-state index in [-0.39, 0.29) is 5.56 Å². The lowest BCUT2D eigenvalue weighted by atomic mass is 10.0. The minimum Gasteiger partial charge on any atom is -0.495 e. The summed E-state index contributed by atoms with van der Waals surface area (Å²) in [4.78, 5) is 11.2. The van der Waals surface area contributed by atoms with Gasteiger partial charge in [0.1, 0.15) is 17.1 Å². The monoisotopic (exact) mass is 288 g/mol. The highest BCUT2D eigenvalue weighted by molar-refractivity contribution is 9.10. The third-order valence-corrected chi connectivity index (χ3v) is 3.39. The molecule has 5 heteroatoms. The van der Waals surface area contributed by atoms with E-state index in [2.05, 4.69) is 15.9 Å². The van der Waals surface area contributed by atoms with Gasteiger partial charge in [-0.3, -0.25) is 0 Å². The molecule has 88 valence electrons. The average molecular weight is 289 g/mol. The first kappa shape index (κ1) is 12.8. The van der Waals surface area contributed by atoms with Crippen LogP contribution in [-0.4, -0.2) is 25.3 Å². The number of benzene rings is 1. The van der Waals surface area contributed by atoms with Gasteiger partial charge in [0.15, 0.2) is 0 Å². The SMILES string of the molecule is COc1c(C)c(OC)c(C(=O)O)c(C)c1Br. The maximum absolute atomic E-state index is 11.2. The predicted molar refractivity (Wildman–Crippen MR) is 63.7 cm³/mol. The second-order valence-corrected chi connectivity index (χ2v) is 4.10. The molecule has 0 aliphatic heterocycles. The van der Waals surface area contributed by atoms with E-state index >= 15 is 0 Å². The molecule has 0 fully saturated rings.